The van der Waals surface area contributed by atoms with E-state index in [0.717, 1.165) is 0 Å². The molecule has 0 unspecified atom stereocenters. The predicted molar refractivity (Wildman–Crippen MR) is 101 cm³/mol. The highest BCUT2D eigenvalue weighted by atomic mass is 19.1. The molecule has 0 aliphatic rings. The second kappa shape index (κ2) is 8.22. The number of ether oxygens (including phenoxy) is 3. The zero-order valence-electron chi connectivity index (χ0n) is 15.1. The van der Waals surface area contributed by atoms with Crippen molar-refractivity contribution in [2.24, 2.45) is 0 Å². The van der Waals surface area contributed by atoms with Gasteiger partial charge in [0.15, 0.2) is 11.5 Å². The topological polar surface area (TPSA) is 77.5 Å². The van der Waals surface area contributed by atoms with Gasteiger partial charge >= 0.3 is 0 Å². The van der Waals surface area contributed by atoms with Gasteiger partial charge in [0.2, 0.25) is 5.75 Å². The lowest BCUT2D eigenvalue weighted by Gasteiger charge is -2.15. The van der Waals surface area contributed by atoms with Gasteiger partial charge in [0.1, 0.15) is 23.8 Å². The summed E-state index contributed by atoms with van der Waals surface area (Å²) in [6.07, 6.45) is 1.42. The summed E-state index contributed by atoms with van der Waals surface area (Å²) in [5.74, 6) is 2.38. The second-order valence-corrected chi connectivity index (χ2v) is 5.46. The zero-order chi connectivity index (χ0) is 19.2. The summed E-state index contributed by atoms with van der Waals surface area (Å²) >= 11 is 0. The largest absolute Gasteiger partial charge is 0.493 e. The molecule has 2 aromatic carbocycles. The minimum atomic E-state index is -0.298. The van der Waals surface area contributed by atoms with Crippen molar-refractivity contribution >= 4 is 23.0 Å². The molecular weight excluding hydrogens is 351 g/mol. The summed E-state index contributed by atoms with van der Waals surface area (Å²) in [5, 5.41) is 6.27. The van der Waals surface area contributed by atoms with E-state index < -0.39 is 0 Å². The number of anilines is 4. The van der Waals surface area contributed by atoms with Crippen LogP contribution in [-0.4, -0.2) is 31.3 Å². The van der Waals surface area contributed by atoms with E-state index in [2.05, 4.69) is 20.6 Å². The van der Waals surface area contributed by atoms with Crippen molar-refractivity contribution in [2.75, 3.05) is 32.0 Å². The average Bonchev–Trinajstić information content (AvgIpc) is 2.69. The van der Waals surface area contributed by atoms with E-state index in [-0.39, 0.29) is 5.82 Å². The molecule has 0 aliphatic carbocycles. The lowest BCUT2D eigenvalue weighted by atomic mass is 10.2. The first kappa shape index (κ1) is 18.2. The normalized spacial score (nSPS) is 10.2. The molecule has 1 heterocycles. The number of hydrogen-bond donors (Lipinski definition) is 2. The van der Waals surface area contributed by atoms with Crippen molar-refractivity contribution in [3.05, 3.63) is 54.6 Å². The third-order valence-corrected chi connectivity index (χ3v) is 3.72. The fourth-order valence-electron chi connectivity index (χ4n) is 2.48. The maximum Gasteiger partial charge on any atom is 0.203 e. The molecule has 140 valence electrons. The van der Waals surface area contributed by atoms with Crippen LogP contribution in [0.1, 0.15) is 0 Å². The summed E-state index contributed by atoms with van der Waals surface area (Å²) < 4.78 is 29.0. The smallest absolute Gasteiger partial charge is 0.203 e. The van der Waals surface area contributed by atoms with Gasteiger partial charge in [-0.25, -0.2) is 14.4 Å². The highest BCUT2D eigenvalue weighted by Crippen LogP contribution is 2.40. The number of benzene rings is 2. The lowest BCUT2D eigenvalue weighted by Crippen LogP contribution is -2.00. The first-order chi connectivity index (χ1) is 13.1. The van der Waals surface area contributed by atoms with Crippen LogP contribution < -0.4 is 24.8 Å². The molecule has 0 saturated heterocycles. The number of nitrogens with one attached hydrogen (secondary N) is 2. The van der Waals surface area contributed by atoms with Gasteiger partial charge < -0.3 is 24.8 Å². The van der Waals surface area contributed by atoms with Crippen LogP contribution in [0.3, 0.4) is 0 Å². The van der Waals surface area contributed by atoms with Gasteiger partial charge in [-0.05, 0) is 24.3 Å². The lowest BCUT2D eigenvalue weighted by molar-refractivity contribution is 0.324. The number of aromatic nitrogens is 2. The molecule has 3 rings (SSSR count). The second-order valence-electron chi connectivity index (χ2n) is 5.46. The zero-order valence-corrected chi connectivity index (χ0v) is 15.1. The monoisotopic (exact) mass is 370 g/mol. The Morgan fingerprint density at radius 1 is 0.741 bits per heavy atom. The van der Waals surface area contributed by atoms with Gasteiger partial charge in [-0.2, -0.15) is 0 Å². The first-order valence-corrected chi connectivity index (χ1v) is 8.04. The van der Waals surface area contributed by atoms with E-state index in [1.165, 1.54) is 18.5 Å². The Morgan fingerprint density at radius 3 is 1.81 bits per heavy atom. The molecule has 0 saturated carbocycles. The van der Waals surface area contributed by atoms with E-state index in [0.29, 0.717) is 40.3 Å². The molecule has 3 aromatic rings. The highest BCUT2D eigenvalue weighted by Gasteiger charge is 2.13. The van der Waals surface area contributed by atoms with Crippen molar-refractivity contribution in [3.63, 3.8) is 0 Å². The number of methoxy groups -OCH3 is 3. The molecule has 0 radical (unpaired) electrons. The van der Waals surface area contributed by atoms with Crippen LogP contribution in [0.5, 0.6) is 17.2 Å². The quantitative estimate of drug-likeness (QED) is 0.647. The summed E-state index contributed by atoms with van der Waals surface area (Å²) in [4.78, 5) is 8.38. The van der Waals surface area contributed by atoms with E-state index in [9.17, 15) is 4.39 Å². The third kappa shape index (κ3) is 4.35. The van der Waals surface area contributed by atoms with Crippen molar-refractivity contribution < 1.29 is 18.6 Å². The molecule has 0 amide bonds. The van der Waals surface area contributed by atoms with Crippen LogP contribution in [0.2, 0.25) is 0 Å². The highest BCUT2D eigenvalue weighted by molar-refractivity contribution is 5.68. The van der Waals surface area contributed by atoms with Crippen LogP contribution in [0.25, 0.3) is 0 Å². The van der Waals surface area contributed by atoms with Crippen molar-refractivity contribution in [2.45, 2.75) is 0 Å². The van der Waals surface area contributed by atoms with Crippen molar-refractivity contribution in [1.82, 2.24) is 9.97 Å². The first-order valence-electron chi connectivity index (χ1n) is 8.04. The summed E-state index contributed by atoms with van der Waals surface area (Å²) in [7, 11) is 4.65. The van der Waals surface area contributed by atoms with Gasteiger partial charge in [-0.1, -0.05) is 0 Å². The van der Waals surface area contributed by atoms with E-state index in [1.54, 1.807) is 51.7 Å². The van der Waals surface area contributed by atoms with Gasteiger partial charge in [0.25, 0.3) is 0 Å². The SMILES string of the molecule is COc1cc(Nc2cc(Nc3ccc(F)cc3)ncn2)cc(OC)c1OC. The molecule has 0 atom stereocenters. The molecule has 2 N–H and O–H groups in total. The van der Waals surface area contributed by atoms with Crippen LogP contribution >= 0.6 is 0 Å². The standard InChI is InChI=1S/C19H19FN4O3/c1-25-15-8-14(9-16(26-2)19(15)27-3)24-18-10-17(21-11-22-18)23-13-6-4-12(20)5-7-13/h4-11H,1-3H3,(H2,21,22,23,24). The molecular formula is C19H19FN4O3. The molecule has 0 bridgehead atoms. The molecule has 0 aliphatic heterocycles. The number of nitrogens with zero attached hydrogens (tertiary/aromatic N) is 2. The maximum atomic E-state index is 13.0. The van der Waals surface area contributed by atoms with Gasteiger partial charge in [0.05, 0.1) is 21.3 Å². The van der Waals surface area contributed by atoms with Gasteiger partial charge in [-0.15, -0.1) is 0 Å². The van der Waals surface area contributed by atoms with Crippen molar-refractivity contribution in [3.8, 4) is 17.2 Å². The summed E-state index contributed by atoms with van der Waals surface area (Å²) in [6.45, 7) is 0. The Hall–Kier alpha value is -3.55. The van der Waals surface area contributed by atoms with Gasteiger partial charge in [0, 0.05) is 29.6 Å². The average molecular weight is 370 g/mol. The molecule has 8 heteroatoms. The Kier molecular flexibility index (Phi) is 5.55. The molecule has 0 fully saturated rings. The fourth-order valence-corrected chi connectivity index (χ4v) is 2.48. The molecule has 7 nitrogen and oxygen atoms in total. The number of halogens is 1. The molecule has 0 spiro atoms. The van der Waals surface area contributed by atoms with Crippen LogP contribution in [0.4, 0.5) is 27.4 Å². The van der Waals surface area contributed by atoms with E-state index in [4.69, 9.17) is 14.2 Å². The minimum absolute atomic E-state index is 0.298. The van der Waals surface area contributed by atoms with Crippen molar-refractivity contribution in [1.29, 1.82) is 0 Å². The Labute approximate surface area is 156 Å². The molecule has 27 heavy (non-hydrogen) atoms. The summed E-state index contributed by atoms with van der Waals surface area (Å²) in [5.41, 5.74) is 1.42. The number of rotatable bonds is 7. The van der Waals surface area contributed by atoms with Crippen LogP contribution in [0.15, 0.2) is 48.8 Å². The van der Waals surface area contributed by atoms with Crippen LogP contribution in [-0.2, 0) is 0 Å². The maximum absolute atomic E-state index is 13.0. The van der Waals surface area contributed by atoms with E-state index in [1.807, 2.05) is 0 Å². The Bertz CT molecular complexity index is 894. The van der Waals surface area contributed by atoms with Gasteiger partial charge in [-0.3, -0.25) is 0 Å². The molecule has 1 aromatic heterocycles. The fraction of sp³-hybridized carbons (Fsp3) is 0.158. The number of hydrogen-bond acceptors (Lipinski definition) is 7. The predicted octanol–water partition coefficient (Wildman–Crippen LogP) is 4.13. The van der Waals surface area contributed by atoms with E-state index >= 15 is 0 Å². The Morgan fingerprint density at radius 2 is 1.30 bits per heavy atom. The third-order valence-electron chi connectivity index (χ3n) is 3.72. The Balaban J connectivity index is 1.82. The van der Waals surface area contributed by atoms with Crippen LogP contribution in [0, 0.1) is 5.82 Å². The summed E-state index contributed by atoms with van der Waals surface area (Å²) in [6, 6.07) is 11.3. The minimum Gasteiger partial charge on any atom is -0.493 e.